The minimum Gasteiger partial charge on any atom is -0.384 e. The average Bonchev–Trinajstić information content (AvgIpc) is 2.45. The largest absolute Gasteiger partial charge is 0.384 e. The van der Waals surface area contributed by atoms with E-state index in [2.05, 4.69) is 37.9 Å². The Bertz CT molecular complexity index is 534. The number of hydrogen-bond donors (Lipinski definition) is 2. The van der Waals surface area contributed by atoms with Crippen LogP contribution in [0.15, 0.2) is 18.2 Å². The highest BCUT2D eigenvalue weighted by Gasteiger charge is 2.23. The van der Waals surface area contributed by atoms with Gasteiger partial charge in [-0.2, -0.15) is 0 Å². The van der Waals surface area contributed by atoms with Crippen molar-refractivity contribution < 1.29 is 9.90 Å². The van der Waals surface area contributed by atoms with Crippen LogP contribution < -0.4 is 5.32 Å². The first-order chi connectivity index (χ1) is 9.47. The molecule has 20 heavy (non-hydrogen) atoms. The number of carbonyl (C=O) groups is 1. The molecule has 0 radical (unpaired) electrons. The summed E-state index contributed by atoms with van der Waals surface area (Å²) in [4.78, 5) is 12.4. The van der Waals surface area contributed by atoms with E-state index in [-0.39, 0.29) is 18.1 Å². The van der Waals surface area contributed by atoms with Gasteiger partial charge in [-0.05, 0) is 44.4 Å². The van der Waals surface area contributed by atoms with Crippen LogP contribution in [0.25, 0.3) is 0 Å². The summed E-state index contributed by atoms with van der Waals surface area (Å²) in [7, 11) is 0. The third-order valence-corrected chi connectivity index (χ3v) is 3.86. The molecule has 0 aliphatic rings. The second-order valence-electron chi connectivity index (χ2n) is 5.16. The van der Waals surface area contributed by atoms with Gasteiger partial charge in [-0.15, -0.1) is 0 Å². The lowest BCUT2D eigenvalue weighted by molar-refractivity contribution is 0.0900. The SMILES string of the molecule is CCC(C)(CC)NC(=O)c1cccc(C#CCO)c1C. The van der Waals surface area contributed by atoms with E-state index in [4.69, 9.17) is 5.11 Å². The highest BCUT2D eigenvalue weighted by atomic mass is 16.2. The minimum absolute atomic E-state index is 0.0682. The van der Waals surface area contributed by atoms with Gasteiger partial charge >= 0.3 is 0 Å². The van der Waals surface area contributed by atoms with Gasteiger partial charge in [0.2, 0.25) is 0 Å². The molecule has 0 unspecified atom stereocenters. The van der Waals surface area contributed by atoms with Crippen molar-refractivity contribution >= 4 is 5.91 Å². The smallest absolute Gasteiger partial charge is 0.252 e. The summed E-state index contributed by atoms with van der Waals surface area (Å²) in [5.41, 5.74) is 2.08. The number of carbonyl (C=O) groups excluding carboxylic acids is 1. The Morgan fingerprint density at radius 3 is 2.55 bits per heavy atom. The number of aliphatic hydroxyl groups is 1. The number of nitrogens with one attached hydrogen (secondary N) is 1. The summed E-state index contributed by atoms with van der Waals surface area (Å²) in [5.74, 6) is 5.42. The molecule has 108 valence electrons. The van der Waals surface area contributed by atoms with Crippen molar-refractivity contribution in [3.8, 4) is 11.8 Å². The molecule has 0 heterocycles. The average molecular weight is 273 g/mol. The van der Waals surface area contributed by atoms with E-state index < -0.39 is 0 Å². The van der Waals surface area contributed by atoms with Crippen LogP contribution in [0.2, 0.25) is 0 Å². The van der Waals surface area contributed by atoms with Gasteiger partial charge in [0.05, 0.1) is 0 Å². The zero-order chi connectivity index (χ0) is 15.2. The number of benzene rings is 1. The molecule has 1 amide bonds. The zero-order valence-electron chi connectivity index (χ0n) is 12.7. The molecule has 0 aromatic heterocycles. The van der Waals surface area contributed by atoms with E-state index >= 15 is 0 Å². The monoisotopic (exact) mass is 273 g/mol. The lowest BCUT2D eigenvalue weighted by Crippen LogP contribution is -2.45. The Hall–Kier alpha value is -1.79. The molecular weight excluding hydrogens is 250 g/mol. The third kappa shape index (κ3) is 3.85. The molecule has 0 aliphatic carbocycles. The maximum absolute atomic E-state index is 12.4. The number of hydrogen-bond acceptors (Lipinski definition) is 2. The maximum Gasteiger partial charge on any atom is 0.252 e. The van der Waals surface area contributed by atoms with Gasteiger partial charge in [0.1, 0.15) is 6.61 Å². The molecule has 1 aromatic rings. The Morgan fingerprint density at radius 1 is 1.35 bits per heavy atom. The minimum atomic E-state index is -0.184. The van der Waals surface area contributed by atoms with Gasteiger partial charge in [-0.3, -0.25) is 4.79 Å². The fraction of sp³-hybridized carbons (Fsp3) is 0.471. The van der Waals surface area contributed by atoms with Crippen LogP contribution in [-0.2, 0) is 0 Å². The quantitative estimate of drug-likeness (QED) is 0.829. The lowest BCUT2D eigenvalue weighted by Gasteiger charge is -2.28. The van der Waals surface area contributed by atoms with Gasteiger partial charge < -0.3 is 10.4 Å². The second kappa shape index (κ2) is 7.12. The van der Waals surface area contributed by atoms with Crippen molar-refractivity contribution in [3.63, 3.8) is 0 Å². The van der Waals surface area contributed by atoms with Crippen LogP contribution in [0, 0.1) is 18.8 Å². The molecule has 0 saturated heterocycles. The summed E-state index contributed by atoms with van der Waals surface area (Å²) in [6.07, 6.45) is 1.77. The molecule has 1 rings (SSSR count). The van der Waals surface area contributed by atoms with Crippen molar-refractivity contribution in [3.05, 3.63) is 34.9 Å². The molecular formula is C17H23NO2. The topological polar surface area (TPSA) is 49.3 Å². The number of amides is 1. The van der Waals surface area contributed by atoms with Crippen LogP contribution in [0.1, 0.15) is 55.1 Å². The van der Waals surface area contributed by atoms with E-state index in [0.29, 0.717) is 5.56 Å². The molecule has 0 saturated carbocycles. The first kappa shape index (κ1) is 16.3. The molecule has 3 nitrogen and oxygen atoms in total. The van der Waals surface area contributed by atoms with Gasteiger partial charge in [-0.1, -0.05) is 31.8 Å². The summed E-state index contributed by atoms with van der Waals surface area (Å²) in [6.45, 7) is 7.89. The molecule has 2 N–H and O–H groups in total. The van der Waals surface area contributed by atoms with Crippen LogP contribution in [-0.4, -0.2) is 23.2 Å². The molecule has 0 bridgehead atoms. The fourth-order valence-electron chi connectivity index (χ4n) is 1.92. The van der Waals surface area contributed by atoms with E-state index in [1.165, 1.54) is 0 Å². The highest BCUT2D eigenvalue weighted by molar-refractivity contribution is 5.96. The highest BCUT2D eigenvalue weighted by Crippen LogP contribution is 2.17. The Balaban J connectivity index is 3.05. The Kier molecular flexibility index (Phi) is 5.79. The molecule has 1 aromatic carbocycles. The van der Waals surface area contributed by atoms with E-state index in [9.17, 15) is 4.79 Å². The Labute approximate surface area is 121 Å². The van der Waals surface area contributed by atoms with E-state index in [0.717, 1.165) is 24.0 Å². The first-order valence-corrected chi connectivity index (χ1v) is 6.99. The normalized spacial score (nSPS) is 10.7. The van der Waals surface area contributed by atoms with Crippen molar-refractivity contribution in [2.24, 2.45) is 0 Å². The Morgan fingerprint density at radius 2 is 2.00 bits per heavy atom. The standard InChI is InChI=1S/C17H23NO2/c1-5-17(4,6-2)18-16(20)15-11-7-9-14(13(15)3)10-8-12-19/h7,9,11,19H,5-6,12H2,1-4H3,(H,18,20). The number of aliphatic hydroxyl groups excluding tert-OH is 1. The van der Waals surface area contributed by atoms with Gasteiger partial charge in [-0.25, -0.2) is 0 Å². The van der Waals surface area contributed by atoms with Crippen LogP contribution in [0.3, 0.4) is 0 Å². The lowest BCUT2D eigenvalue weighted by atomic mass is 9.94. The van der Waals surface area contributed by atoms with Crippen molar-refractivity contribution in [1.82, 2.24) is 5.32 Å². The number of rotatable bonds is 4. The van der Waals surface area contributed by atoms with Crippen molar-refractivity contribution in [2.75, 3.05) is 6.61 Å². The van der Waals surface area contributed by atoms with Crippen molar-refractivity contribution in [2.45, 2.75) is 46.1 Å². The van der Waals surface area contributed by atoms with Gasteiger partial charge in [0.25, 0.3) is 5.91 Å². The molecule has 0 atom stereocenters. The predicted octanol–water partition coefficient (Wildman–Crippen LogP) is 2.65. The van der Waals surface area contributed by atoms with Crippen molar-refractivity contribution in [1.29, 1.82) is 0 Å². The zero-order valence-corrected chi connectivity index (χ0v) is 12.7. The summed E-state index contributed by atoms with van der Waals surface area (Å²) < 4.78 is 0. The predicted molar refractivity (Wildman–Crippen MR) is 81.6 cm³/mol. The summed E-state index contributed by atoms with van der Waals surface area (Å²) in [6, 6.07) is 5.48. The molecule has 0 spiro atoms. The van der Waals surface area contributed by atoms with Gasteiger partial charge in [0.15, 0.2) is 0 Å². The summed E-state index contributed by atoms with van der Waals surface area (Å²) >= 11 is 0. The van der Waals surface area contributed by atoms with Crippen LogP contribution in [0.5, 0.6) is 0 Å². The van der Waals surface area contributed by atoms with Crippen LogP contribution in [0.4, 0.5) is 0 Å². The molecule has 3 heteroatoms. The third-order valence-electron chi connectivity index (χ3n) is 3.86. The first-order valence-electron chi connectivity index (χ1n) is 6.99. The molecule has 0 aliphatic heterocycles. The van der Waals surface area contributed by atoms with E-state index in [1.807, 2.05) is 19.1 Å². The maximum atomic E-state index is 12.4. The van der Waals surface area contributed by atoms with Gasteiger partial charge in [0, 0.05) is 16.7 Å². The fourth-order valence-corrected chi connectivity index (χ4v) is 1.92. The van der Waals surface area contributed by atoms with E-state index in [1.54, 1.807) is 6.07 Å². The summed E-state index contributed by atoms with van der Waals surface area (Å²) in [5, 5.41) is 11.9. The molecule has 0 fully saturated rings. The van der Waals surface area contributed by atoms with Crippen LogP contribution >= 0.6 is 0 Å². The second-order valence-corrected chi connectivity index (χ2v) is 5.16.